The van der Waals surface area contributed by atoms with Crippen molar-refractivity contribution < 1.29 is 14.3 Å². The zero-order valence-corrected chi connectivity index (χ0v) is 18.9. The minimum atomic E-state index is -0.0367. The molecule has 3 aromatic rings. The summed E-state index contributed by atoms with van der Waals surface area (Å²) >= 11 is 0. The number of piperidine rings is 1. The van der Waals surface area contributed by atoms with Crippen LogP contribution in [0.4, 0.5) is 5.95 Å². The lowest BCUT2D eigenvalue weighted by atomic mass is 10.0. The van der Waals surface area contributed by atoms with Crippen molar-refractivity contribution in [3.63, 3.8) is 0 Å². The fourth-order valence-corrected chi connectivity index (χ4v) is 4.40. The van der Waals surface area contributed by atoms with Gasteiger partial charge in [0.2, 0.25) is 11.8 Å². The number of benzene rings is 2. The van der Waals surface area contributed by atoms with Gasteiger partial charge in [-0.15, -0.1) is 0 Å². The van der Waals surface area contributed by atoms with E-state index in [1.807, 2.05) is 53.4 Å². The Bertz CT molecular complexity index is 1130. The van der Waals surface area contributed by atoms with Crippen LogP contribution in [0.1, 0.15) is 40.9 Å². The topological polar surface area (TPSA) is 67.8 Å². The number of carbonyl (C=O) groups is 1. The second-order valence-corrected chi connectivity index (χ2v) is 8.43. The zero-order valence-electron chi connectivity index (χ0n) is 18.9. The molecule has 0 N–H and O–H groups in total. The summed E-state index contributed by atoms with van der Waals surface area (Å²) in [5.41, 5.74) is 2.45. The van der Waals surface area contributed by atoms with Crippen molar-refractivity contribution in [2.75, 3.05) is 31.6 Å². The Morgan fingerprint density at radius 1 is 0.909 bits per heavy atom. The van der Waals surface area contributed by atoms with E-state index in [2.05, 4.69) is 4.90 Å². The maximum atomic E-state index is 13.2. The van der Waals surface area contributed by atoms with Crippen LogP contribution in [0.2, 0.25) is 0 Å². The highest BCUT2D eigenvalue weighted by Gasteiger charge is 2.28. The molecule has 1 amide bonds. The van der Waals surface area contributed by atoms with E-state index in [1.165, 1.54) is 6.42 Å². The number of aromatic nitrogens is 2. The average molecular weight is 445 g/mol. The molecule has 5 rings (SSSR count). The average Bonchev–Trinajstić information content (AvgIpc) is 2.89. The molecule has 170 valence electrons. The molecule has 7 nitrogen and oxygen atoms in total. The second kappa shape index (κ2) is 9.48. The smallest absolute Gasteiger partial charge is 0.254 e. The van der Waals surface area contributed by atoms with Gasteiger partial charge in [0.05, 0.1) is 24.9 Å². The monoisotopic (exact) mass is 444 g/mol. The Morgan fingerprint density at radius 3 is 2.48 bits per heavy atom. The molecule has 7 heteroatoms. The first-order valence-corrected chi connectivity index (χ1v) is 11.5. The molecule has 0 bridgehead atoms. The van der Waals surface area contributed by atoms with E-state index >= 15 is 0 Å². The Balaban J connectivity index is 1.47. The number of ether oxygens (including phenoxy) is 2. The first-order valence-electron chi connectivity index (χ1n) is 11.5. The van der Waals surface area contributed by atoms with Gasteiger partial charge in [-0.05, 0) is 49.6 Å². The van der Waals surface area contributed by atoms with Crippen LogP contribution in [0.25, 0.3) is 0 Å². The first kappa shape index (κ1) is 21.2. The number of fused-ring (bicyclic) bond motifs is 1. The molecule has 1 saturated heterocycles. The first-order chi connectivity index (χ1) is 16.2. The van der Waals surface area contributed by atoms with Crippen molar-refractivity contribution in [2.24, 2.45) is 0 Å². The number of amides is 1. The van der Waals surface area contributed by atoms with Crippen molar-refractivity contribution in [1.29, 1.82) is 0 Å². The molecule has 0 radical (unpaired) electrons. The maximum Gasteiger partial charge on any atom is 0.254 e. The molecule has 0 saturated carbocycles. The summed E-state index contributed by atoms with van der Waals surface area (Å²) in [6.07, 6.45) is 4.21. The molecule has 0 spiro atoms. The van der Waals surface area contributed by atoms with Crippen LogP contribution >= 0.6 is 0 Å². The normalized spacial score (nSPS) is 15.7. The summed E-state index contributed by atoms with van der Waals surface area (Å²) < 4.78 is 11.5. The predicted molar refractivity (Wildman–Crippen MR) is 126 cm³/mol. The maximum absolute atomic E-state index is 13.2. The van der Waals surface area contributed by atoms with Gasteiger partial charge in [0.1, 0.15) is 11.5 Å². The van der Waals surface area contributed by atoms with Gasteiger partial charge < -0.3 is 19.3 Å². The van der Waals surface area contributed by atoms with Crippen molar-refractivity contribution in [1.82, 2.24) is 14.9 Å². The minimum absolute atomic E-state index is 0.0367. The summed E-state index contributed by atoms with van der Waals surface area (Å²) in [5.74, 6) is 2.62. The number of hydrogen-bond acceptors (Lipinski definition) is 6. The van der Waals surface area contributed by atoms with Crippen LogP contribution < -0.4 is 14.4 Å². The number of rotatable bonds is 5. The predicted octanol–water partition coefficient (Wildman–Crippen LogP) is 4.47. The number of methoxy groups -OCH3 is 1. The molecular weight excluding hydrogens is 416 g/mol. The lowest BCUT2D eigenvalue weighted by Crippen LogP contribution is -2.37. The van der Waals surface area contributed by atoms with E-state index in [0.29, 0.717) is 36.7 Å². The van der Waals surface area contributed by atoms with Gasteiger partial charge in [0.25, 0.3) is 5.91 Å². The van der Waals surface area contributed by atoms with Crippen molar-refractivity contribution >= 4 is 11.9 Å². The van der Waals surface area contributed by atoms with Crippen molar-refractivity contribution in [3.8, 4) is 17.4 Å². The largest absolute Gasteiger partial charge is 0.497 e. The fourth-order valence-electron chi connectivity index (χ4n) is 4.40. The Hall–Kier alpha value is -3.61. The molecule has 2 aromatic carbocycles. The van der Waals surface area contributed by atoms with Crippen molar-refractivity contribution in [3.05, 3.63) is 71.4 Å². The molecule has 0 aliphatic carbocycles. The molecule has 3 heterocycles. The van der Waals surface area contributed by atoms with Gasteiger partial charge >= 0.3 is 0 Å². The number of hydrogen-bond donors (Lipinski definition) is 0. The lowest BCUT2D eigenvalue weighted by Gasteiger charge is -2.32. The van der Waals surface area contributed by atoms with E-state index in [0.717, 1.165) is 48.9 Å². The summed E-state index contributed by atoms with van der Waals surface area (Å²) in [4.78, 5) is 27.1. The highest BCUT2D eigenvalue weighted by Crippen LogP contribution is 2.32. The number of carbonyl (C=O) groups excluding carboxylic acids is 1. The van der Waals surface area contributed by atoms with Crippen LogP contribution in [0.5, 0.6) is 17.4 Å². The van der Waals surface area contributed by atoms with Gasteiger partial charge in [-0.1, -0.05) is 24.3 Å². The summed E-state index contributed by atoms with van der Waals surface area (Å²) in [5, 5.41) is 0. The lowest BCUT2D eigenvalue weighted by molar-refractivity contribution is 0.0731. The van der Waals surface area contributed by atoms with Crippen LogP contribution in [-0.2, 0) is 13.0 Å². The third-order valence-corrected chi connectivity index (χ3v) is 6.21. The molecule has 2 aliphatic rings. The highest BCUT2D eigenvalue weighted by atomic mass is 16.5. The van der Waals surface area contributed by atoms with Gasteiger partial charge in [0.15, 0.2) is 0 Å². The van der Waals surface area contributed by atoms with Crippen LogP contribution in [0, 0.1) is 0 Å². The van der Waals surface area contributed by atoms with E-state index in [4.69, 9.17) is 19.4 Å². The van der Waals surface area contributed by atoms with Crippen LogP contribution in [-0.4, -0.2) is 47.5 Å². The molecule has 1 fully saturated rings. The SMILES string of the molecule is COc1cccc(C(=O)N2CCc3nc(N4CCCCC4)nc(Oc4ccccc4)c3C2)c1. The summed E-state index contributed by atoms with van der Waals surface area (Å²) in [6, 6.07) is 16.9. The third-order valence-electron chi connectivity index (χ3n) is 6.21. The minimum Gasteiger partial charge on any atom is -0.497 e. The molecule has 33 heavy (non-hydrogen) atoms. The number of nitrogens with zero attached hydrogens (tertiary/aromatic N) is 4. The van der Waals surface area contributed by atoms with Crippen molar-refractivity contribution in [2.45, 2.75) is 32.2 Å². The van der Waals surface area contributed by atoms with Gasteiger partial charge in [-0.25, -0.2) is 4.98 Å². The van der Waals surface area contributed by atoms with Gasteiger partial charge in [-0.3, -0.25) is 4.79 Å². The van der Waals surface area contributed by atoms with Gasteiger partial charge in [0, 0.05) is 31.6 Å². The molecule has 1 aromatic heterocycles. The number of para-hydroxylation sites is 1. The molecule has 2 aliphatic heterocycles. The highest BCUT2D eigenvalue weighted by molar-refractivity contribution is 5.94. The quantitative estimate of drug-likeness (QED) is 0.579. The van der Waals surface area contributed by atoms with E-state index in [1.54, 1.807) is 13.2 Å². The Labute approximate surface area is 194 Å². The standard InChI is InChI=1S/C26H28N4O3/c1-32-21-12-8-9-19(17-21)25(31)30-16-13-23-22(18-30)24(33-20-10-4-2-5-11-20)28-26(27-23)29-14-6-3-7-15-29/h2,4-5,8-12,17H,3,6-7,13-16,18H2,1H3. The second-order valence-electron chi connectivity index (χ2n) is 8.43. The zero-order chi connectivity index (χ0) is 22.6. The Morgan fingerprint density at radius 2 is 1.70 bits per heavy atom. The van der Waals surface area contributed by atoms with E-state index in [-0.39, 0.29) is 5.91 Å². The Kier molecular flexibility index (Phi) is 6.11. The van der Waals surface area contributed by atoms with Crippen LogP contribution in [0.15, 0.2) is 54.6 Å². The molecule has 0 unspecified atom stereocenters. The van der Waals surface area contributed by atoms with Gasteiger partial charge in [-0.2, -0.15) is 4.98 Å². The van der Waals surface area contributed by atoms with E-state index < -0.39 is 0 Å². The summed E-state index contributed by atoms with van der Waals surface area (Å²) in [7, 11) is 1.60. The third kappa shape index (κ3) is 4.62. The number of anilines is 1. The molecular formula is C26H28N4O3. The fraction of sp³-hybridized carbons (Fsp3) is 0.346. The summed E-state index contributed by atoms with van der Waals surface area (Å²) in [6.45, 7) is 2.94. The molecule has 0 atom stereocenters. The van der Waals surface area contributed by atoms with Crippen LogP contribution in [0.3, 0.4) is 0 Å². The van der Waals surface area contributed by atoms with E-state index in [9.17, 15) is 4.79 Å².